The van der Waals surface area contributed by atoms with Crippen LogP contribution in [0.15, 0.2) is 35.3 Å². The Kier molecular flexibility index (Phi) is 10.6. The van der Waals surface area contributed by atoms with Crippen LogP contribution in [0.2, 0.25) is 0 Å². The maximum absolute atomic E-state index is 6.02. The van der Waals surface area contributed by atoms with Gasteiger partial charge in [0.05, 0.1) is 6.10 Å². The largest absolute Gasteiger partial charge is 0.381 e. The van der Waals surface area contributed by atoms with Crippen molar-refractivity contribution < 1.29 is 9.47 Å². The van der Waals surface area contributed by atoms with Gasteiger partial charge in [0.25, 0.3) is 0 Å². The monoisotopic (exact) mass is 501 g/mol. The van der Waals surface area contributed by atoms with E-state index in [-0.39, 0.29) is 30.1 Å². The van der Waals surface area contributed by atoms with Gasteiger partial charge >= 0.3 is 0 Å². The minimum Gasteiger partial charge on any atom is -0.381 e. The van der Waals surface area contributed by atoms with Gasteiger partial charge in [-0.3, -0.25) is 4.99 Å². The van der Waals surface area contributed by atoms with E-state index in [2.05, 4.69) is 54.5 Å². The number of ether oxygens (including phenoxy) is 2. The molecule has 2 aliphatic heterocycles. The Morgan fingerprint density at radius 2 is 1.89 bits per heavy atom. The summed E-state index contributed by atoms with van der Waals surface area (Å²) in [7, 11) is 2.15. The van der Waals surface area contributed by atoms with Gasteiger partial charge < -0.3 is 19.7 Å². The summed E-state index contributed by atoms with van der Waals surface area (Å²) in [5, 5.41) is 3.46. The number of hydrogen-bond acceptors (Lipinski definition) is 3. The van der Waals surface area contributed by atoms with Gasteiger partial charge in [-0.2, -0.15) is 0 Å². The summed E-state index contributed by atoms with van der Waals surface area (Å²) in [5.41, 5.74) is 1.27. The van der Waals surface area contributed by atoms with E-state index in [4.69, 9.17) is 14.5 Å². The number of nitrogens with zero attached hydrogens (tertiary/aromatic N) is 2. The zero-order valence-electron chi connectivity index (χ0n) is 17.3. The third-order valence-electron chi connectivity index (χ3n) is 5.73. The van der Waals surface area contributed by atoms with Crippen LogP contribution < -0.4 is 5.32 Å². The number of nitrogens with one attached hydrogen (secondary N) is 1. The quantitative estimate of drug-likeness (QED) is 0.347. The molecule has 0 aromatic heterocycles. The second kappa shape index (κ2) is 12.6. The molecule has 0 amide bonds. The number of hydrogen-bond donors (Lipinski definition) is 1. The fourth-order valence-electron chi connectivity index (χ4n) is 4.02. The van der Waals surface area contributed by atoms with Crippen molar-refractivity contribution in [3.8, 4) is 0 Å². The Bertz CT molecular complexity index is 578. The third-order valence-corrected chi connectivity index (χ3v) is 5.73. The van der Waals surface area contributed by atoms with Gasteiger partial charge in [-0.15, -0.1) is 24.0 Å². The Hall–Kier alpha value is -0.860. The number of benzene rings is 1. The summed E-state index contributed by atoms with van der Waals surface area (Å²) in [6, 6.07) is 10.6. The molecule has 2 fully saturated rings. The molecule has 28 heavy (non-hydrogen) atoms. The summed E-state index contributed by atoms with van der Waals surface area (Å²) in [5.74, 6) is 2.25. The zero-order chi connectivity index (χ0) is 18.9. The highest BCUT2D eigenvalue weighted by Crippen LogP contribution is 2.34. The van der Waals surface area contributed by atoms with Gasteiger partial charge in [0.15, 0.2) is 5.96 Å². The first kappa shape index (κ1) is 23.4. The van der Waals surface area contributed by atoms with Crippen LogP contribution in [0.1, 0.15) is 44.3 Å². The van der Waals surface area contributed by atoms with E-state index in [0.717, 1.165) is 57.8 Å². The lowest BCUT2D eigenvalue weighted by molar-refractivity contribution is 0.0625. The fourth-order valence-corrected chi connectivity index (χ4v) is 4.02. The number of rotatable bonds is 7. The van der Waals surface area contributed by atoms with Crippen molar-refractivity contribution >= 4 is 29.9 Å². The Morgan fingerprint density at radius 1 is 1.14 bits per heavy atom. The van der Waals surface area contributed by atoms with Crippen molar-refractivity contribution in [2.45, 2.75) is 38.7 Å². The van der Waals surface area contributed by atoms with Crippen LogP contribution in [-0.4, -0.2) is 57.4 Å². The van der Waals surface area contributed by atoms with Gasteiger partial charge in [-0.25, -0.2) is 0 Å². The van der Waals surface area contributed by atoms with E-state index in [1.54, 1.807) is 0 Å². The molecular weight excluding hydrogens is 465 g/mol. The van der Waals surface area contributed by atoms with E-state index < -0.39 is 0 Å². The molecule has 2 atom stereocenters. The molecule has 2 unspecified atom stereocenters. The van der Waals surface area contributed by atoms with Gasteiger partial charge in [-0.1, -0.05) is 30.3 Å². The molecule has 0 bridgehead atoms. The molecule has 2 heterocycles. The summed E-state index contributed by atoms with van der Waals surface area (Å²) in [6.45, 7) is 7.55. The van der Waals surface area contributed by atoms with E-state index in [0.29, 0.717) is 5.92 Å². The smallest absolute Gasteiger partial charge is 0.193 e. The van der Waals surface area contributed by atoms with Crippen molar-refractivity contribution in [1.29, 1.82) is 0 Å². The minimum atomic E-state index is 0. The van der Waals surface area contributed by atoms with Crippen LogP contribution in [0.25, 0.3) is 0 Å². The highest BCUT2D eigenvalue weighted by atomic mass is 127. The molecule has 0 radical (unpaired) electrons. The molecule has 0 aliphatic carbocycles. The molecule has 3 rings (SSSR count). The Balaban J connectivity index is 0.00000280. The molecule has 1 N–H and O–H groups in total. The Labute approximate surface area is 187 Å². The fraction of sp³-hybridized carbons (Fsp3) is 0.682. The van der Waals surface area contributed by atoms with Gasteiger partial charge in [-0.05, 0) is 44.1 Å². The standard InChI is InChI=1S/C22H35N3O2.HI/c1-3-23-22(25(2)13-9-18-10-14-26-15-11-18)24-17-20-12-16-27-21(20)19-7-5-4-6-8-19;/h4-8,18,20-21H,3,9-17H2,1-2H3,(H,23,24);1H. The van der Waals surface area contributed by atoms with E-state index in [1.165, 1.54) is 24.8 Å². The van der Waals surface area contributed by atoms with E-state index in [1.807, 2.05) is 0 Å². The summed E-state index contributed by atoms with van der Waals surface area (Å²) < 4.78 is 11.5. The second-order valence-corrected chi connectivity index (χ2v) is 7.71. The van der Waals surface area contributed by atoms with Gasteiger partial charge in [0.2, 0.25) is 0 Å². The predicted octanol–water partition coefficient (Wildman–Crippen LogP) is 4.10. The Morgan fingerprint density at radius 3 is 2.61 bits per heavy atom. The van der Waals surface area contributed by atoms with Crippen molar-refractivity contribution in [2.75, 3.05) is 46.5 Å². The number of guanidine groups is 1. The topological polar surface area (TPSA) is 46.1 Å². The van der Waals surface area contributed by atoms with Crippen molar-refractivity contribution in [2.24, 2.45) is 16.8 Å². The molecule has 2 saturated heterocycles. The van der Waals surface area contributed by atoms with Crippen molar-refractivity contribution in [3.05, 3.63) is 35.9 Å². The average molecular weight is 501 g/mol. The average Bonchev–Trinajstić information content (AvgIpc) is 3.19. The number of halogens is 1. The van der Waals surface area contributed by atoms with Gasteiger partial charge in [0.1, 0.15) is 0 Å². The molecular formula is C22H36IN3O2. The lowest BCUT2D eigenvalue weighted by Gasteiger charge is -2.27. The molecule has 5 nitrogen and oxygen atoms in total. The first-order valence-corrected chi connectivity index (χ1v) is 10.5. The third kappa shape index (κ3) is 6.88. The number of aliphatic imine (C=N–C) groups is 1. The molecule has 6 heteroatoms. The molecule has 1 aromatic rings. The van der Waals surface area contributed by atoms with Crippen molar-refractivity contribution in [1.82, 2.24) is 10.2 Å². The zero-order valence-corrected chi connectivity index (χ0v) is 19.6. The molecule has 1 aromatic carbocycles. The second-order valence-electron chi connectivity index (χ2n) is 7.71. The van der Waals surface area contributed by atoms with E-state index in [9.17, 15) is 0 Å². The first-order chi connectivity index (χ1) is 13.3. The molecule has 158 valence electrons. The van der Waals surface area contributed by atoms with Gasteiger partial charge in [0, 0.05) is 52.4 Å². The van der Waals surface area contributed by atoms with Crippen LogP contribution in [0.4, 0.5) is 0 Å². The molecule has 0 saturated carbocycles. The minimum absolute atomic E-state index is 0. The lowest BCUT2D eigenvalue weighted by Crippen LogP contribution is -2.40. The van der Waals surface area contributed by atoms with Crippen LogP contribution in [0.5, 0.6) is 0 Å². The highest BCUT2D eigenvalue weighted by Gasteiger charge is 2.29. The SMILES string of the molecule is CCNC(=NCC1CCOC1c1ccccc1)N(C)CCC1CCOCC1.I. The van der Waals surface area contributed by atoms with Crippen LogP contribution in [0, 0.1) is 11.8 Å². The molecule has 2 aliphatic rings. The lowest BCUT2D eigenvalue weighted by atomic mass is 9.95. The predicted molar refractivity (Wildman–Crippen MR) is 125 cm³/mol. The van der Waals surface area contributed by atoms with Crippen LogP contribution in [-0.2, 0) is 9.47 Å². The summed E-state index contributed by atoms with van der Waals surface area (Å²) >= 11 is 0. The normalized spacial score (nSPS) is 23.3. The summed E-state index contributed by atoms with van der Waals surface area (Å²) in [6.07, 6.45) is 4.85. The van der Waals surface area contributed by atoms with E-state index >= 15 is 0 Å². The maximum Gasteiger partial charge on any atom is 0.193 e. The van der Waals surface area contributed by atoms with Crippen LogP contribution >= 0.6 is 24.0 Å². The van der Waals surface area contributed by atoms with Crippen LogP contribution in [0.3, 0.4) is 0 Å². The summed E-state index contributed by atoms with van der Waals surface area (Å²) in [4.78, 5) is 7.25. The highest BCUT2D eigenvalue weighted by molar-refractivity contribution is 14.0. The first-order valence-electron chi connectivity index (χ1n) is 10.5. The maximum atomic E-state index is 6.02. The molecule has 0 spiro atoms. The van der Waals surface area contributed by atoms with Crippen molar-refractivity contribution in [3.63, 3.8) is 0 Å².